The Kier molecular flexibility index (Phi) is 7.91. The maximum atomic E-state index is 12.2. The lowest BCUT2D eigenvalue weighted by molar-refractivity contribution is -0.125. The van der Waals surface area contributed by atoms with Crippen molar-refractivity contribution in [2.24, 2.45) is 0 Å². The molecular formula is C22H27ClN2O4. The molecule has 0 saturated heterocycles. The van der Waals surface area contributed by atoms with Gasteiger partial charge in [0.1, 0.15) is 11.5 Å². The zero-order valence-corrected chi connectivity index (χ0v) is 18.1. The number of aryl methyl sites for hydroxylation is 2. The topological polar surface area (TPSA) is 76.7 Å². The van der Waals surface area contributed by atoms with E-state index in [9.17, 15) is 9.59 Å². The minimum Gasteiger partial charge on any atom is -0.495 e. The minimum absolute atomic E-state index is 0.171. The fourth-order valence-electron chi connectivity index (χ4n) is 2.73. The number of methoxy groups -OCH3 is 1. The summed E-state index contributed by atoms with van der Waals surface area (Å²) in [6.07, 6.45) is 0. The number of carbonyl (C=O) groups excluding carboxylic acids is 2. The summed E-state index contributed by atoms with van der Waals surface area (Å²) in [5.74, 6) is 0.622. The molecule has 0 aliphatic carbocycles. The van der Waals surface area contributed by atoms with Gasteiger partial charge in [0.25, 0.3) is 5.91 Å². The van der Waals surface area contributed by atoms with E-state index < -0.39 is 5.91 Å². The number of rotatable bonds is 8. The van der Waals surface area contributed by atoms with E-state index in [1.807, 2.05) is 45.9 Å². The van der Waals surface area contributed by atoms with Gasteiger partial charge in [-0.2, -0.15) is 0 Å². The normalized spacial score (nSPS) is 10.6. The Labute approximate surface area is 176 Å². The van der Waals surface area contributed by atoms with Crippen LogP contribution in [0.2, 0.25) is 5.02 Å². The highest BCUT2D eigenvalue weighted by Gasteiger charge is 2.14. The molecule has 0 saturated carbocycles. The van der Waals surface area contributed by atoms with Crippen LogP contribution in [0.1, 0.15) is 36.5 Å². The monoisotopic (exact) mass is 418 g/mol. The van der Waals surface area contributed by atoms with Crippen LogP contribution in [-0.2, 0) is 9.59 Å². The molecule has 2 amide bonds. The molecule has 0 aliphatic rings. The molecule has 2 aromatic rings. The zero-order chi connectivity index (χ0) is 21.6. The average molecular weight is 419 g/mol. The molecule has 0 bridgehead atoms. The predicted molar refractivity (Wildman–Crippen MR) is 115 cm³/mol. The van der Waals surface area contributed by atoms with Crippen LogP contribution in [0.3, 0.4) is 0 Å². The van der Waals surface area contributed by atoms with Gasteiger partial charge in [-0.05, 0) is 60.7 Å². The number of anilines is 1. The molecule has 156 valence electrons. The molecular weight excluding hydrogens is 392 g/mol. The van der Waals surface area contributed by atoms with Crippen LogP contribution in [0.25, 0.3) is 0 Å². The number of hydrogen-bond donors (Lipinski definition) is 2. The molecule has 0 heterocycles. The van der Waals surface area contributed by atoms with Gasteiger partial charge in [-0.25, -0.2) is 0 Å². The van der Waals surface area contributed by atoms with E-state index in [4.69, 9.17) is 21.1 Å². The number of hydrogen-bond acceptors (Lipinski definition) is 4. The summed E-state index contributed by atoms with van der Waals surface area (Å²) in [5, 5.41) is 5.95. The molecule has 0 unspecified atom stereocenters. The Morgan fingerprint density at radius 2 is 1.79 bits per heavy atom. The summed E-state index contributed by atoms with van der Waals surface area (Å²) in [4.78, 5) is 24.3. The van der Waals surface area contributed by atoms with Gasteiger partial charge in [-0.15, -0.1) is 0 Å². The van der Waals surface area contributed by atoms with Crippen molar-refractivity contribution in [3.05, 3.63) is 52.0 Å². The van der Waals surface area contributed by atoms with E-state index in [0.29, 0.717) is 22.2 Å². The summed E-state index contributed by atoms with van der Waals surface area (Å²) in [7, 11) is 1.53. The maximum Gasteiger partial charge on any atom is 0.258 e. The van der Waals surface area contributed by atoms with Crippen LogP contribution in [0, 0.1) is 13.8 Å². The van der Waals surface area contributed by atoms with Crippen LogP contribution < -0.4 is 20.1 Å². The van der Waals surface area contributed by atoms with Crippen LogP contribution in [0.5, 0.6) is 11.5 Å². The van der Waals surface area contributed by atoms with Gasteiger partial charge in [0.2, 0.25) is 5.91 Å². The van der Waals surface area contributed by atoms with Crippen LogP contribution in [0.4, 0.5) is 5.69 Å². The molecule has 0 radical (unpaired) electrons. The first-order valence-corrected chi connectivity index (χ1v) is 9.73. The third kappa shape index (κ3) is 6.39. The Balaban J connectivity index is 1.90. The lowest BCUT2D eigenvalue weighted by atomic mass is 10.0. The van der Waals surface area contributed by atoms with Gasteiger partial charge in [0.15, 0.2) is 6.61 Å². The Hall–Kier alpha value is -2.73. The fourth-order valence-corrected chi connectivity index (χ4v) is 2.91. The zero-order valence-electron chi connectivity index (χ0n) is 17.4. The van der Waals surface area contributed by atoms with Crippen LogP contribution >= 0.6 is 11.6 Å². The number of nitrogens with one attached hydrogen (secondary N) is 2. The molecule has 0 aliphatic heterocycles. The highest BCUT2D eigenvalue weighted by atomic mass is 35.5. The highest BCUT2D eigenvalue weighted by Crippen LogP contribution is 2.32. The van der Waals surface area contributed by atoms with Crippen LogP contribution in [-0.4, -0.2) is 32.1 Å². The van der Waals surface area contributed by atoms with E-state index in [0.717, 1.165) is 16.7 Å². The van der Waals surface area contributed by atoms with E-state index in [1.54, 1.807) is 12.1 Å². The first-order chi connectivity index (χ1) is 13.7. The molecule has 0 spiro atoms. The number of ether oxygens (including phenoxy) is 2. The minimum atomic E-state index is -0.390. The van der Waals surface area contributed by atoms with Gasteiger partial charge in [-0.1, -0.05) is 31.5 Å². The summed E-state index contributed by atoms with van der Waals surface area (Å²) in [6, 6.07) is 9.15. The van der Waals surface area contributed by atoms with Crippen molar-refractivity contribution < 1.29 is 19.1 Å². The third-order valence-corrected chi connectivity index (χ3v) is 4.75. The quantitative estimate of drug-likeness (QED) is 0.672. The summed E-state index contributed by atoms with van der Waals surface area (Å²) >= 11 is 6.19. The van der Waals surface area contributed by atoms with Gasteiger partial charge in [-0.3, -0.25) is 9.59 Å². The molecule has 2 N–H and O–H groups in total. The predicted octanol–water partition coefficient (Wildman–Crippen LogP) is 4.22. The Morgan fingerprint density at radius 3 is 2.45 bits per heavy atom. The first kappa shape index (κ1) is 22.6. The second-order valence-corrected chi connectivity index (χ2v) is 7.52. The smallest absolute Gasteiger partial charge is 0.258 e. The van der Waals surface area contributed by atoms with Crippen LogP contribution in [0.15, 0.2) is 30.3 Å². The van der Waals surface area contributed by atoms with E-state index in [-0.39, 0.29) is 25.0 Å². The van der Waals surface area contributed by atoms with Gasteiger partial charge in [0, 0.05) is 5.02 Å². The molecule has 0 atom stereocenters. The van der Waals surface area contributed by atoms with E-state index in [2.05, 4.69) is 10.6 Å². The lowest BCUT2D eigenvalue weighted by Crippen LogP contribution is -2.36. The van der Waals surface area contributed by atoms with Crippen molar-refractivity contribution in [2.45, 2.75) is 33.6 Å². The molecule has 2 aromatic carbocycles. The third-order valence-electron chi connectivity index (χ3n) is 4.35. The summed E-state index contributed by atoms with van der Waals surface area (Å²) < 4.78 is 10.9. The Bertz CT molecular complexity index is 897. The molecule has 6 nitrogen and oxygen atoms in total. The highest BCUT2D eigenvalue weighted by molar-refractivity contribution is 6.31. The number of amides is 2. The van der Waals surface area contributed by atoms with Crippen molar-refractivity contribution in [1.82, 2.24) is 5.32 Å². The summed E-state index contributed by atoms with van der Waals surface area (Å²) in [6.45, 7) is 7.48. The van der Waals surface area contributed by atoms with E-state index >= 15 is 0 Å². The Morgan fingerprint density at radius 1 is 1.07 bits per heavy atom. The number of benzene rings is 2. The number of carbonyl (C=O) groups is 2. The lowest BCUT2D eigenvalue weighted by Gasteiger charge is -2.16. The maximum absolute atomic E-state index is 12.2. The molecule has 29 heavy (non-hydrogen) atoms. The summed E-state index contributed by atoms with van der Waals surface area (Å²) in [5.41, 5.74) is 3.34. The first-order valence-electron chi connectivity index (χ1n) is 9.35. The average Bonchev–Trinajstić information content (AvgIpc) is 2.67. The standard InChI is InChI=1S/C22H27ClN2O4/c1-13(2)16-10-17(23)15(4)9-20(16)29-12-22(27)24-11-21(26)25-18-8-14(3)6-7-19(18)28-5/h6-10,13H,11-12H2,1-5H3,(H,24,27)(H,25,26). The molecule has 0 fully saturated rings. The molecule has 0 aromatic heterocycles. The van der Waals surface area contributed by atoms with Crippen molar-refractivity contribution in [3.8, 4) is 11.5 Å². The van der Waals surface area contributed by atoms with Gasteiger partial charge >= 0.3 is 0 Å². The molecule has 2 rings (SSSR count). The largest absolute Gasteiger partial charge is 0.495 e. The van der Waals surface area contributed by atoms with E-state index in [1.165, 1.54) is 7.11 Å². The fraction of sp³-hybridized carbons (Fsp3) is 0.364. The van der Waals surface area contributed by atoms with Gasteiger partial charge in [0.05, 0.1) is 19.3 Å². The van der Waals surface area contributed by atoms with Crippen molar-refractivity contribution >= 4 is 29.1 Å². The van der Waals surface area contributed by atoms with Crippen molar-refractivity contribution in [2.75, 3.05) is 25.6 Å². The number of halogens is 1. The van der Waals surface area contributed by atoms with Crippen molar-refractivity contribution in [3.63, 3.8) is 0 Å². The second kappa shape index (κ2) is 10.2. The second-order valence-electron chi connectivity index (χ2n) is 7.11. The molecule has 7 heteroatoms. The van der Waals surface area contributed by atoms with Crippen molar-refractivity contribution in [1.29, 1.82) is 0 Å². The van der Waals surface area contributed by atoms with Gasteiger partial charge < -0.3 is 20.1 Å². The SMILES string of the molecule is COc1ccc(C)cc1NC(=O)CNC(=O)COc1cc(C)c(Cl)cc1C(C)C.